The number of aromatic amines is 1. The molecule has 92 valence electrons. The van der Waals surface area contributed by atoms with Gasteiger partial charge < -0.3 is 15.0 Å². The molecule has 0 spiro atoms. The number of fused-ring (bicyclic) bond motifs is 5. The molecule has 3 heterocycles. The highest BCUT2D eigenvalue weighted by Crippen LogP contribution is 2.41. The van der Waals surface area contributed by atoms with E-state index in [1.165, 1.54) is 11.3 Å². The number of nitrogens with zero attached hydrogens (tertiary/aromatic N) is 1. The van der Waals surface area contributed by atoms with Crippen molar-refractivity contribution >= 4 is 16.8 Å². The summed E-state index contributed by atoms with van der Waals surface area (Å²) in [6, 6.07) is 5.64. The van der Waals surface area contributed by atoms with Crippen molar-refractivity contribution < 1.29 is 9.90 Å². The maximum Gasteiger partial charge on any atom is 0.223 e. The predicted molar refractivity (Wildman–Crippen MR) is 67.4 cm³/mol. The van der Waals surface area contributed by atoms with Gasteiger partial charge in [0.05, 0.1) is 6.04 Å². The number of phenols is 1. The summed E-state index contributed by atoms with van der Waals surface area (Å²) in [7, 11) is 0. The molecule has 2 aliphatic heterocycles. The Morgan fingerprint density at radius 2 is 2.22 bits per heavy atom. The van der Waals surface area contributed by atoms with Gasteiger partial charge in [-0.3, -0.25) is 4.79 Å². The number of carbonyl (C=O) groups excluding carboxylic acids is 1. The molecule has 4 nitrogen and oxygen atoms in total. The van der Waals surface area contributed by atoms with E-state index in [1.807, 2.05) is 17.0 Å². The number of hydrogen-bond acceptors (Lipinski definition) is 2. The van der Waals surface area contributed by atoms with Crippen LogP contribution in [0.5, 0.6) is 5.75 Å². The maximum absolute atomic E-state index is 11.8. The van der Waals surface area contributed by atoms with E-state index in [4.69, 9.17) is 0 Å². The summed E-state index contributed by atoms with van der Waals surface area (Å²) in [5.74, 6) is 0.571. The third-order valence-corrected chi connectivity index (χ3v) is 4.19. The normalized spacial score (nSPS) is 22.3. The Bertz CT molecular complexity index is 659. The lowest BCUT2D eigenvalue weighted by molar-refractivity contribution is -0.129. The Morgan fingerprint density at radius 3 is 3.11 bits per heavy atom. The van der Waals surface area contributed by atoms with Crippen LogP contribution in [0.4, 0.5) is 0 Å². The SMILES string of the molecule is O=C1CC[C@@H]2c3[nH]c4ccc(O)cc4c3CCN12. The van der Waals surface area contributed by atoms with Crippen molar-refractivity contribution in [2.45, 2.75) is 25.3 Å². The smallest absolute Gasteiger partial charge is 0.223 e. The van der Waals surface area contributed by atoms with Crippen molar-refractivity contribution in [1.29, 1.82) is 0 Å². The van der Waals surface area contributed by atoms with Crippen LogP contribution in [-0.4, -0.2) is 27.4 Å². The Balaban J connectivity index is 1.94. The molecule has 0 aliphatic carbocycles. The minimum atomic E-state index is 0.218. The molecule has 1 fully saturated rings. The number of benzene rings is 1. The molecule has 18 heavy (non-hydrogen) atoms. The van der Waals surface area contributed by atoms with Gasteiger partial charge in [0.2, 0.25) is 5.91 Å². The summed E-state index contributed by atoms with van der Waals surface area (Å²) in [6.07, 6.45) is 2.44. The number of phenolic OH excluding ortho intramolecular Hbond substituents is 1. The van der Waals surface area contributed by atoms with Crippen LogP contribution in [-0.2, 0) is 11.2 Å². The number of H-pyrrole nitrogens is 1. The number of nitrogens with one attached hydrogen (secondary N) is 1. The summed E-state index contributed by atoms with van der Waals surface area (Å²) in [5, 5.41) is 10.7. The summed E-state index contributed by atoms with van der Waals surface area (Å²) in [5.41, 5.74) is 3.50. The van der Waals surface area contributed by atoms with E-state index in [0.717, 1.165) is 30.3 Å². The van der Waals surface area contributed by atoms with Gasteiger partial charge in [-0.25, -0.2) is 0 Å². The average Bonchev–Trinajstić information content (AvgIpc) is 2.90. The number of amides is 1. The molecule has 1 atom stereocenters. The van der Waals surface area contributed by atoms with E-state index in [-0.39, 0.29) is 11.9 Å². The molecule has 4 rings (SSSR count). The molecule has 2 N–H and O–H groups in total. The van der Waals surface area contributed by atoms with Gasteiger partial charge in [0.1, 0.15) is 5.75 Å². The molecule has 0 saturated carbocycles. The highest BCUT2D eigenvalue weighted by molar-refractivity contribution is 5.88. The molecular formula is C14H14N2O2. The summed E-state index contributed by atoms with van der Waals surface area (Å²) >= 11 is 0. The second-order valence-electron chi connectivity index (χ2n) is 5.14. The van der Waals surface area contributed by atoms with Crippen LogP contribution in [0, 0.1) is 0 Å². The fraction of sp³-hybridized carbons (Fsp3) is 0.357. The van der Waals surface area contributed by atoms with Gasteiger partial charge >= 0.3 is 0 Å². The van der Waals surface area contributed by atoms with Crippen LogP contribution >= 0.6 is 0 Å². The molecule has 1 saturated heterocycles. The van der Waals surface area contributed by atoms with E-state index in [9.17, 15) is 9.90 Å². The molecule has 1 amide bonds. The van der Waals surface area contributed by atoms with Crippen LogP contribution in [0.25, 0.3) is 10.9 Å². The van der Waals surface area contributed by atoms with Crippen LogP contribution in [0.2, 0.25) is 0 Å². The first-order valence-corrected chi connectivity index (χ1v) is 6.37. The molecule has 0 bridgehead atoms. The fourth-order valence-electron chi connectivity index (χ4n) is 3.36. The highest BCUT2D eigenvalue weighted by Gasteiger charge is 2.37. The molecule has 0 radical (unpaired) electrons. The average molecular weight is 242 g/mol. The van der Waals surface area contributed by atoms with Gasteiger partial charge in [-0.1, -0.05) is 0 Å². The molecule has 4 heteroatoms. The van der Waals surface area contributed by atoms with Gasteiger partial charge in [0.15, 0.2) is 0 Å². The minimum absolute atomic E-state index is 0.218. The van der Waals surface area contributed by atoms with E-state index >= 15 is 0 Å². The maximum atomic E-state index is 11.8. The quantitative estimate of drug-likeness (QED) is 0.743. The zero-order chi connectivity index (χ0) is 12.3. The van der Waals surface area contributed by atoms with Crippen LogP contribution in [0.3, 0.4) is 0 Å². The van der Waals surface area contributed by atoms with Gasteiger partial charge in [0, 0.05) is 29.6 Å². The molecule has 0 unspecified atom stereocenters. The van der Waals surface area contributed by atoms with Gasteiger partial charge in [-0.2, -0.15) is 0 Å². The number of aromatic nitrogens is 1. The zero-order valence-corrected chi connectivity index (χ0v) is 9.94. The Kier molecular flexibility index (Phi) is 1.82. The third-order valence-electron chi connectivity index (χ3n) is 4.19. The number of carbonyl (C=O) groups is 1. The molecule has 1 aromatic carbocycles. The van der Waals surface area contributed by atoms with Crippen molar-refractivity contribution in [3.63, 3.8) is 0 Å². The first-order chi connectivity index (χ1) is 8.74. The summed E-state index contributed by atoms with van der Waals surface area (Å²) in [6.45, 7) is 0.805. The van der Waals surface area contributed by atoms with Crippen molar-refractivity contribution in [2.24, 2.45) is 0 Å². The number of aromatic hydroxyl groups is 1. The largest absolute Gasteiger partial charge is 0.508 e. The standard InChI is InChI=1S/C14H14N2O2/c17-8-1-2-11-10(7-8)9-5-6-16-12(14(9)15-11)3-4-13(16)18/h1-2,7,12,15,17H,3-6H2/t12-/m1/s1. The fourth-order valence-corrected chi connectivity index (χ4v) is 3.36. The highest BCUT2D eigenvalue weighted by atomic mass is 16.3. The molecule has 2 aromatic rings. The van der Waals surface area contributed by atoms with Crippen LogP contribution in [0.1, 0.15) is 30.1 Å². The van der Waals surface area contributed by atoms with Crippen molar-refractivity contribution in [3.8, 4) is 5.75 Å². The second-order valence-corrected chi connectivity index (χ2v) is 5.14. The molecular weight excluding hydrogens is 228 g/mol. The number of hydrogen-bond donors (Lipinski definition) is 2. The topological polar surface area (TPSA) is 56.3 Å². The minimum Gasteiger partial charge on any atom is -0.508 e. The van der Waals surface area contributed by atoms with E-state index in [0.29, 0.717) is 12.2 Å². The first kappa shape index (κ1) is 10.00. The van der Waals surface area contributed by atoms with Crippen molar-refractivity contribution in [1.82, 2.24) is 9.88 Å². The van der Waals surface area contributed by atoms with Gasteiger partial charge in [-0.05, 0) is 36.6 Å². The summed E-state index contributed by atoms with van der Waals surface area (Å²) < 4.78 is 0. The van der Waals surface area contributed by atoms with Crippen LogP contribution in [0.15, 0.2) is 18.2 Å². The van der Waals surface area contributed by atoms with E-state index in [2.05, 4.69) is 4.98 Å². The van der Waals surface area contributed by atoms with E-state index < -0.39 is 0 Å². The monoisotopic (exact) mass is 242 g/mol. The Morgan fingerprint density at radius 1 is 1.33 bits per heavy atom. The van der Waals surface area contributed by atoms with Crippen molar-refractivity contribution in [3.05, 3.63) is 29.5 Å². The predicted octanol–water partition coefficient (Wildman–Crippen LogP) is 2.09. The van der Waals surface area contributed by atoms with E-state index in [1.54, 1.807) is 6.07 Å². The van der Waals surface area contributed by atoms with Crippen molar-refractivity contribution in [2.75, 3.05) is 6.54 Å². The van der Waals surface area contributed by atoms with Gasteiger partial charge in [0.25, 0.3) is 0 Å². The Labute approximate surface area is 104 Å². The first-order valence-electron chi connectivity index (χ1n) is 6.37. The second kappa shape index (κ2) is 3.28. The Hall–Kier alpha value is -1.97. The lowest BCUT2D eigenvalue weighted by Gasteiger charge is -2.29. The summed E-state index contributed by atoms with van der Waals surface area (Å²) in [4.78, 5) is 17.2. The number of rotatable bonds is 0. The zero-order valence-electron chi connectivity index (χ0n) is 9.94. The van der Waals surface area contributed by atoms with Crippen LogP contribution < -0.4 is 0 Å². The van der Waals surface area contributed by atoms with Gasteiger partial charge in [-0.15, -0.1) is 0 Å². The molecule has 2 aliphatic rings. The third kappa shape index (κ3) is 1.17. The molecule has 1 aromatic heterocycles. The lowest BCUT2D eigenvalue weighted by atomic mass is 9.98. The lowest BCUT2D eigenvalue weighted by Crippen LogP contribution is -2.33.